The second-order valence-corrected chi connectivity index (χ2v) is 4.54. The molecule has 3 aromatic rings. The summed E-state index contributed by atoms with van der Waals surface area (Å²) >= 11 is 0. The number of fused-ring (bicyclic) bond motifs is 1. The molecule has 0 aliphatic heterocycles. The number of rotatable bonds is 2. The Bertz CT molecular complexity index is 810. The van der Waals surface area contributed by atoms with Crippen LogP contribution in [0.5, 0.6) is 0 Å². The van der Waals surface area contributed by atoms with Gasteiger partial charge in [0.1, 0.15) is 11.8 Å². The van der Waals surface area contributed by atoms with Gasteiger partial charge in [0.25, 0.3) is 0 Å². The predicted octanol–water partition coefficient (Wildman–Crippen LogP) is 3.75. The van der Waals surface area contributed by atoms with E-state index in [0.717, 1.165) is 5.69 Å². The summed E-state index contributed by atoms with van der Waals surface area (Å²) < 4.78 is 7.38. The molecule has 26 heavy (non-hydrogen) atoms. The fourth-order valence-electron chi connectivity index (χ4n) is 2.20. The van der Waals surface area contributed by atoms with Crippen LogP contribution in [0.4, 0.5) is 5.82 Å². The molecule has 2 N–H and O–H groups in total. The van der Waals surface area contributed by atoms with Gasteiger partial charge >= 0.3 is 5.69 Å². The van der Waals surface area contributed by atoms with E-state index < -0.39 is 0 Å². The Morgan fingerprint density at radius 2 is 1.62 bits per heavy atom. The molecule has 1 aromatic carbocycles. The van der Waals surface area contributed by atoms with Crippen LogP contribution in [0.3, 0.4) is 0 Å². The molecule has 7 heteroatoms. The number of anilines is 1. The van der Waals surface area contributed by atoms with Gasteiger partial charge in [-0.3, -0.25) is 9.13 Å². The van der Waals surface area contributed by atoms with Gasteiger partial charge in [0.15, 0.2) is 11.5 Å². The third-order valence-corrected chi connectivity index (χ3v) is 3.06. The van der Waals surface area contributed by atoms with Gasteiger partial charge in [-0.1, -0.05) is 46.9 Å². The van der Waals surface area contributed by atoms with Crippen LogP contribution in [-0.2, 0) is 11.3 Å². The summed E-state index contributed by atoms with van der Waals surface area (Å²) in [6.45, 7) is 6.43. The van der Waals surface area contributed by atoms with Gasteiger partial charge in [0.2, 0.25) is 0 Å². The van der Waals surface area contributed by atoms with Crippen molar-refractivity contribution in [2.45, 2.75) is 42.2 Å². The van der Waals surface area contributed by atoms with Crippen molar-refractivity contribution in [3.8, 4) is 5.69 Å². The van der Waals surface area contributed by atoms with Crippen molar-refractivity contribution < 1.29 is 4.74 Å². The van der Waals surface area contributed by atoms with E-state index in [1.54, 1.807) is 23.4 Å². The van der Waals surface area contributed by atoms with Crippen molar-refractivity contribution in [1.82, 2.24) is 19.1 Å². The quantitative estimate of drug-likeness (QED) is 0.749. The smallest absolute Gasteiger partial charge is 0.335 e. The van der Waals surface area contributed by atoms with Gasteiger partial charge in [0, 0.05) is 20.8 Å². The minimum Gasteiger partial charge on any atom is -0.388 e. The number of aryl methyl sites for hydroxylation is 1. The summed E-state index contributed by atoms with van der Waals surface area (Å²) in [7, 11) is 3.25. The fraction of sp³-hybridized carbons (Fsp3) is 0.421. The van der Waals surface area contributed by atoms with Crippen LogP contribution in [0.2, 0.25) is 0 Å². The highest BCUT2D eigenvalue weighted by Crippen LogP contribution is 2.19. The normalized spacial score (nSPS) is 8.96. The number of para-hydroxylation sites is 1. The minimum absolute atomic E-state index is 0. The molecule has 0 aliphatic rings. The number of hydrogen-bond donors (Lipinski definition) is 1. The lowest BCUT2D eigenvalue weighted by Gasteiger charge is -2.03. The molecule has 0 spiro atoms. The van der Waals surface area contributed by atoms with E-state index >= 15 is 0 Å². The van der Waals surface area contributed by atoms with E-state index in [1.165, 1.54) is 6.33 Å². The Morgan fingerprint density at radius 1 is 1.08 bits per heavy atom. The van der Waals surface area contributed by atoms with E-state index in [1.807, 2.05) is 51.1 Å². The van der Waals surface area contributed by atoms with Gasteiger partial charge in [-0.25, -0.2) is 14.8 Å². The van der Waals surface area contributed by atoms with Crippen molar-refractivity contribution in [2.24, 2.45) is 0 Å². The molecule has 0 radical (unpaired) electrons. The van der Waals surface area contributed by atoms with E-state index in [4.69, 9.17) is 5.73 Å². The maximum atomic E-state index is 12.5. The summed E-state index contributed by atoms with van der Waals surface area (Å²) in [6, 6.07) is 9.35. The molecule has 146 valence electrons. The third kappa shape index (κ3) is 5.16. The number of imidazole rings is 1. The van der Waals surface area contributed by atoms with E-state index in [9.17, 15) is 4.79 Å². The molecule has 0 amide bonds. The molecule has 0 bridgehead atoms. The van der Waals surface area contributed by atoms with E-state index in [2.05, 4.69) is 14.7 Å². The van der Waals surface area contributed by atoms with Crippen molar-refractivity contribution in [1.29, 1.82) is 0 Å². The molecule has 0 saturated carbocycles. The molecule has 0 saturated heterocycles. The van der Waals surface area contributed by atoms with Gasteiger partial charge in [-0.05, 0) is 19.1 Å². The first-order valence-corrected chi connectivity index (χ1v) is 7.82. The Hall–Kier alpha value is -2.67. The van der Waals surface area contributed by atoms with Gasteiger partial charge in [0.05, 0.1) is 5.69 Å². The van der Waals surface area contributed by atoms with Crippen LogP contribution >= 0.6 is 0 Å². The van der Waals surface area contributed by atoms with Gasteiger partial charge in [-0.15, -0.1) is 0 Å². The topological polar surface area (TPSA) is 88.0 Å². The zero-order chi connectivity index (χ0) is 18.1. The number of aromatic nitrogens is 4. The van der Waals surface area contributed by atoms with Crippen molar-refractivity contribution in [3.05, 3.63) is 47.1 Å². The summed E-state index contributed by atoms with van der Waals surface area (Å²) in [5.74, 6) is 0.304. The standard InChI is InChI=1S/C13H13N5O.C2H6O.C2H6.2CH4/c1-2-17-12-10(11(14)15-8-16-12)18(13(17)19)9-6-4-3-5-7-9;1-3-2;1-2;;/h3-8H,2H2,1H3,(H2,14,15,16);1-2H3;1-2H3;2*1H4. The van der Waals surface area contributed by atoms with E-state index in [-0.39, 0.29) is 20.5 Å². The van der Waals surface area contributed by atoms with Gasteiger partial charge < -0.3 is 10.5 Å². The monoisotopic (exact) mass is 363 g/mol. The first-order valence-electron chi connectivity index (χ1n) is 7.82. The van der Waals surface area contributed by atoms with Crippen LogP contribution < -0.4 is 11.4 Å². The van der Waals surface area contributed by atoms with Crippen LogP contribution in [0.1, 0.15) is 35.6 Å². The second kappa shape index (κ2) is 12.7. The molecule has 0 atom stereocenters. The highest BCUT2D eigenvalue weighted by Gasteiger charge is 2.17. The average molecular weight is 364 g/mol. The Morgan fingerprint density at radius 3 is 2.12 bits per heavy atom. The lowest BCUT2D eigenvalue weighted by atomic mass is 10.3. The fourth-order valence-corrected chi connectivity index (χ4v) is 2.20. The lowest BCUT2D eigenvalue weighted by Crippen LogP contribution is -2.22. The molecule has 0 aliphatic carbocycles. The Kier molecular flexibility index (Phi) is 12.4. The number of ether oxygens (including phenoxy) is 1. The molecular weight excluding hydrogens is 330 g/mol. The Labute approximate surface area is 156 Å². The molecule has 3 rings (SSSR count). The average Bonchev–Trinajstić information content (AvgIpc) is 2.91. The third-order valence-electron chi connectivity index (χ3n) is 3.06. The molecule has 2 aromatic heterocycles. The maximum Gasteiger partial charge on any atom is 0.335 e. The first-order chi connectivity index (χ1) is 11.7. The summed E-state index contributed by atoms with van der Waals surface area (Å²) in [5, 5.41) is 0. The van der Waals surface area contributed by atoms with Crippen LogP contribution in [0.15, 0.2) is 41.5 Å². The molecule has 7 nitrogen and oxygen atoms in total. The number of hydrogen-bond acceptors (Lipinski definition) is 5. The van der Waals surface area contributed by atoms with Crippen LogP contribution in [0, 0.1) is 0 Å². The number of methoxy groups -OCH3 is 1. The zero-order valence-electron chi connectivity index (χ0n) is 14.9. The number of nitrogens with two attached hydrogens (primary N) is 1. The number of benzene rings is 1. The van der Waals surface area contributed by atoms with Gasteiger partial charge in [-0.2, -0.15) is 0 Å². The molecule has 0 fully saturated rings. The molecular formula is C19H33N5O2. The Balaban J connectivity index is 0. The maximum absolute atomic E-state index is 12.5. The largest absolute Gasteiger partial charge is 0.388 e. The first kappa shape index (κ1) is 25.6. The molecule has 2 heterocycles. The summed E-state index contributed by atoms with van der Waals surface area (Å²) in [5.41, 5.74) is 7.62. The zero-order valence-corrected chi connectivity index (χ0v) is 14.9. The van der Waals surface area contributed by atoms with Crippen LogP contribution in [0.25, 0.3) is 16.9 Å². The lowest BCUT2D eigenvalue weighted by molar-refractivity contribution is 0.277. The number of nitrogen functional groups attached to an aromatic ring is 1. The van der Waals surface area contributed by atoms with Crippen molar-refractivity contribution in [3.63, 3.8) is 0 Å². The number of nitrogens with zero attached hydrogens (tertiary/aromatic N) is 4. The van der Waals surface area contributed by atoms with Crippen molar-refractivity contribution in [2.75, 3.05) is 20.0 Å². The predicted molar refractivity (Wildman–Crippen MR) is 111 cm³/mol. The highest BCUT2D eigenvalue weighted by molar-refractivity contribution is 5.83. The van der Waals surface area contributed by atoms with Crippen molar-refractivity contribution >= 4 is 17.0 Å². The summed E-state index contributed by atoms with van der Waals surface area (Å²) in [4.78, 5) is 20.6. The second-order valence-electron chi connectivity index (χ2n) is 4.54. The highest BCUT2D eigenvalue weighted by atomic mass is 16.4. The minimum atomic E-state index is -0.157. The molecule has 0 unspecified atom stereocenters. The summed E-state index contributed by atoms with van der Waals surface area (Å²) in [6.07, 6.45) is 1.37. The van der Waals surface area contributed by atoms with Crippen LogP contribution in [-0.4, -0.2) is 33.3 Å². The van der Waals surface area contributed by atoms with E-state index in [0.29, 0.717) is 23.5 Å². The SMILES string of the molecule is C.C.CC.CCn1c(=O)n(-c2ccccc2)c2c(N)ncnc21.COC.